The smallest absolute Gasteiger partial charge is 0.145 e. The largest absolute Gasteiger partial charge is 0.366 e. The van der Waals surface area contributed by atoms with Crippen molar-refractivity contribution in [2.45, 2.75) is 19.9 Å². The van der Waals surface area contributed by atoms with Crippen LogP contribution in [0.4, 0.5) is 5.82 Å². The summed E-state index contributed by atoms with van der Waals surface area (Å²) in [6, 6.07) is 1.89. The van der Waals surface area contributed by atoms with E-state index >= 15 is 0 Å². The van der Waals surface area contributed by atoms with Crippen molar-refractivity contribution in [3.05, 3.63) is 22.3 Å². The van der Waals surface area contributed by atoms with E-state index in [9.17, 15) is 0 Å². The molecular formula is C10H15Cl2N3. The minimum absolute atomic E-state index is 0.223. The highest BCUT2D eigenvalue weighted by Gasteiger charge is 2.12. The quantitative estimate of drug-likeness (QED) is 0.861. The van der Waals surface area contributed by atoms with E-state index in [0.717, 1.165) is 0 Å². The van der Waals surface area contributed by atoms with Gasteiger partial charge in [0.15, 0.2) is 0 Å². The fourth-order valence-electron chi connectivity index (χ4n) is 1.08. The zero-order chi connectivity index (χ0) is 11.4. The molecule has 0 bridgehead atoms. The zero-order valence-electron chi connectivity index (χ0n) is 8.80. The Labute approximate surface area is 100.0 Å². The van der Waals surface area contributed by atoms with Crippen LogP contribution in [0, 0.1) is 5.92 Å². The minimum atomic E-state index is 0.223. The van der Waals surface area contributed by atoms with Gasteiger partial charge in [0.2, 0.25) is 0 Å². The molecule has 1 aromatic rings. The lowest BCUT2D eigenvalue weighted by Crippen LogP contribution is -2.29. The van der Waals surface area contributed by atoms with E-state index in [-0.39, 0.29) is 6.04 Å². The lowest BCUT2D eigenvalue weighted by Gasteiger charge is -2.20. The summed E-state index contributed by atoms with van der Waals surface area (Å²) in [4.78, 5) is 4.12. The second-order valence-corrected chi connectivity index (χ2v) is 4.47. The molecule has 0 aliphatic carbocycles. The normalized spacial score (nSPS) is 14.7. The van der Waals surface area contributed by atoms with Crippen LogP contribution in [0.1, 0.15) is 13.8 Å². The standard InChI is InChI=1S/C10H15Cl2N3/c1-6(4-13)7(2)15-10-9(12)3-8(11)5-14-10/h3,5-7H,4,13H2,1-2H3,(H,14,15). The van der Waals surface area contributed by atoms with Gasteiger partial charge in [-0.05, 0) is 25.5 Å². The van der Waals surface area contributed by atoms with Crippen molar-refractivity contribution >= 4 is 29.0 Å². The summed E-state index contributed by atoms with van der Waals surface area (Å²) in [5.74, 6) is 1.01. The number of aromatic nitrogens is 1. The van der Waals surface area contributed by atoms with Crippen molar-refractivity contribution in [3.8, 4) is 0 Å². The van der Waals surface area contributed by atoms with Crippen molar-refractivity contribution in [1.82, 2.24) is 4.98 Å². The number of anilines is 1. The molecule has 0 aliphatic heterocycles. The van der Waals surface area contributed by atoms with E-state index in [2.05, 4.69) is 17.2 Å². The molecule has 0 aliphatic rings. The summed E-state index contributed by atoms with van der Waals surface area (Å²) in [6.07, 6.45) is 1.57. The van der Waals surface area contributed by atoms with Crippen molar-refractivity contribution in [2.75, 3.05) is 11.9 Å². The van der Waals surface area contributed by atoms with Crippen LogP contribution in [0.2, 0.25) is 10.0 Å². The Morgan fingerprint density at radius 2 is 2.13 bits per heavy atom. The second-order valence-electron chi connectivity index (χ2n) is 3.63. The summed E-state index contributed by atoms with van der Waals surface area (Å²) < 4.78 is 0. The van der Waals surface area contributed by atoms with Gasteiger partial charge in [-0.2, -0.15) is 0 Å². The molecule has 0 spiro atoms. The number of nitrogens with one attached hydrogen (secondary N) is 1. The van der Waals surface area contributed by atoms with Gasteiger partial charge in [-0.3, -0.25) is 0 Å². The van der Waals surface area contributed by atoms with Gasteiger partial charge in [0.05, 0.1) is 10.0 Å². The number of nitrogens with two attached hydrogens (primary N) is 1. The predicted octanol–water partition coefficient (Wildman–Crippen LogP) is 2.78. The first-order valence-electron chi connectivity index (χ1n) is 4.82. The Kier molecular flexibility index (Phi) is 4.64. The highest BCUT2D eigenvalue weighted by atomic mass is 35.5. The molecule has 0 radical (unpaired) electrons. The molecule has 0 aromatic carbocycles. The molecule has 0 fully saturated rings. The Morgan fingerprint density at radius 3 is 2.67 bits per heavy atom. The van der Waals surface area contributed by atoms with Gasteiger partial charge in [-0.25, -0.2) is 4.98 Å². The SMILES string of the molecule is CC(CN)C(C)Nc1ncc(Cl)cc1Cl. The second kappa shape index (κ2) is 5.54. The van der Waals surface area contributed by atoms with Crippen LogP contribution in [-0.2, 0) is 0 Å². The molecule has 5 heteroatoms. The maximum Gasteiger partial charge on any atom is 0.145 e. The number of halogens is 2. The maximum atomic E-state index is 5.98. The van der Waals surface area contributed by atoms with Gasteiger partial charge in [0, 0.05) is 12.2 Å². The number of nitrogens with zero attached hydrogens (tertiary/aromatic N) is 1. The summed E-state index contributed by atoms with van der Waals surface area (Å²) in [6.45, 7) is 4.74. The van der Waals surface area contributed by atoms with E-state index in [0.29, 0.717) is 28.3 Å². The van der Waals surface area contributed by atoms with Crippen molar-refractivity contribution in [1.29, 1.82) is 0 Å². The molecule has 1 heterocycles. The Hall–Kier alpha value is -0.510. The Morgan fingerprint density at radius 1 is 1.47 bits per heavy atom. The summed E-state index contributed by atoms with van der Waals surface area (Å²) in [7, 11) is 0. The summed E-state index contributed by atoms with van der Waals surface area (Å²) in [5.41, 5.74) is 5.57. The molecular weight excluding hydrogens is 233 g/mol. The van der Waals surface area contributed by atoms with Crippen molar-refractivity contribution in [2.24, 2.45) is 11.7 Å². The van der Waals surface area contributed by atoms with Crippen LogP contribution < -0.4 is 11.1 Å². The number of rotatable bonds is 4. The molecule has 1 rings (SSSR count). The molecule has 1 aromatic heterocycles. The third-order valence-electron chi connectivity index (χ3n) is 2.40. The van der Waals surface area contributed by atoms with Crippen molar-refractivity contribution in [3.63, 3.8) is 0 Å². The first-order valence-corrected chi connectivity index (χ1v) is 5.57. The molecule has 0 saturated heterocycles. The number of hydrogen-bond donors (Lipinski definition) is 2. The lowest BCUT2D eigenvalue weighted by atomic mass is 10.0. The van der Waals surface area contributed by atoms with E-state index < -0.39 is 0 Å². The van der Waals surface area contributed by atoms with Gasteiger partial charge < -0.3 is 11.1 Å². The molecule has 3 N–H and O–H groups in total. The minimum Gasteiger partial charge on any atom is -0.366 e. The topological polar surface area (TPSA) is 50.9 Å². The first-order chi connectivity index (χ1) is 7.04. The van der Waals surface area contributed by atoms with Gasteiger partial charge in [-0.1, -0.05) is 30.1 Å². The van der Waals surface area contributed by atoms with E-state index in [1.54, 1.807) is 12.3 Å². The fourth-order valence-corrected chi connectivity index (χ4v) is 1.52. The molecule has 84 valence electrons. The van der Waals surface area contributed by atoms with Crippen LogP contribution in [0.5, 0.6) is 0 Å². The molecule has 2 unspecified atom stereocenters. The van der Waals surface area contributed by atoms with Crippen LogP contribution in [0.15, 0.2) is 12.3 Å². The van der Waals surface area contributed by atoms with Gasteiger partial charge in [0.25, 0.3) is 0 Å². The summed E-state index contributed by atoms with van der Waals surface area (Å²) >= 11 is 11.7. The summed E-state index contributed by atoms with van der Waals surface area (Å²) in [5, 5.41) is 4.27. The first kappa shape index (κ1) is 12.6. The lowest BCUT2D eigenvalue weighted by molar-refractivity contribution is 0.520. The van der Waals surface area contributed by atoms with Crippen LogP contribution >= 0.6 is 23.2 Å². The van der Waals surface area contributed by atoms with Crippen molar-refractivity contribution < 1.29 is 0 Å². The highest BCUT2D eigenvalue weighted by Crippen LogP contribution is 2.23. The molecule has 3 nitrogen and oxygen atoms in total. The maximum absolute atomic E-state index is 5.98. The molecule has 0 amide bonds. The van der Waals surface area contributed by atoms with E-state index in [4.69, 9.17) is 28.9 Å². The van der Waals surface area contributed by atoms with Gasteiger partial charge in [-0.15, -0.1) is 0 Å². The zero-order valence-corrected chi connectivity index (χ0v) is 10.3. The van der Waals surface area contributed by atoms with Crippen LogP contribution in [0.25, 0.3) is 0 Å². The molecule has 0 saturated carbocycles. The number of hydrogen-bond acceptors (Lipinski definition) is 3. The number of pyridine rings is 1. The fraction of sp³-hybridized carbons (Fsp3) is 0.500. The predicted molar refractivity (Wildman–Crippen MR) is 65.6 cm³/mol. The van der Waals surface area contributed by atoms with Crippen LogP contribution in [-0.4, -0.2) is 17.6 Å². The molecule has 15 heavy (non-hydrogen) atoms. The van der Waals surface area contributed by atoms with E-state index in [1.165, 1.54) is 0 Å². The Balaban J connectivity index is 2.72. The van der Waals surface area contributed by atoms with Gasteiger partial charge in [0.1, 0.15) is 5.82 Å². The Bertz CT molecular complexity index is 330. The van der Waals surface area contributed by atoms with E-state index in [1.807, 2.05) is 6.92 Å². The van der Waals surface area contributed by atoms with Crippen LogP contribution in [0.3, 0.4) is 0 Å². The average molecular weight is 248 g/mol. The highest BCUT2D eigenvalue weighted by molar-refractivity contribution is 6.35. The third-order valence-corrected chi connectivity index (χ3v) is 2.89. The molecule has 2 atom stereocenters. The monoisotopic (exact) mass is 247 g/mol. The van der Waals surface area contributed by atoms with Gasteiger partial charge >= 0.3 is 0 Å². The average Bonchev–Trinajstić information content (AvgIpc) is 2.20. The third kappa shape index (κ3) is 3.52.